The zero-order valence-corrected chi connectivity index (χ0v) is 27.5. The summed E-state index contributed by atoms with van der Waals surface area (Å²) >= 11 is 12.8. The smallest absolute Gasteiger partial charge is 0.726 e. The van der Waals surface area contributed by atoms with Crippen molar-refractivity contribution >= 4 is 85.7 Å². The molecule has 1 unspecified atom stereocenters. The molecule has 0 amide bonds. The van der Waals surface area contributed by atoms with Crippen molar-refractivity contribution in [2.45, 2.75) is 32.3 Å². The van der Waals surface area contributed by atoms with Crippen LogP contribution >= 0.6 is 63.7 Å². The van der Waals surface area contributed by atoms with Gasteiger partial charge in [-0.05, 0) is 75.7 Å². The Balaban J connectivity index is 0.00000432. The number of fused-ring (bicyclic) bond motifs is 2. The second-order valence-corrected chi connectivity index (χ2v) is 11.4. The quantitative estimate of drug-likeness (QED) is 0.209. The van der Waals surface area contributed by atoms with Crippen molar-refractivity contribution in [1.82, 2.24) is 0 Å². The Kier molecular flexibility index (Phi) is 10.5. The average molecular weight is 774 g/mol. The molecule has 0 aromatic heterocycles. The van der Waals surface area contributed by atoms with E-state index in [-0.39, 0.29) is 99.6 Å². The summed E-state index contributed by atoms with van der Waals surface area (Å²) in [4.78, 5) is 27.1. The third kappa shape index (κ3) is 5.71. The van der Waals surface area contributed by atoms with Gasteiger partial charge in [-0.15, -0.1) is 0 Å². The Morgan fingerprint density at radius 2 is 1.43 bits per heavy atom. The van der Waals surface area contributed by atoms with Crippen LogP contribution in [0.15, 0.2) is 17.9 Å². The summed E-state index contributed by atoms with van der Waals surface area (Å²) in [5.74, 6) is -2.46. The van der Waals surface area contributed by atoms with Gasteiger partial charge < -0.3 is 19.5 Å². The van der Waals surface area contributed by atoms with Crippen LogP contribution in [0.1, 0.15) is 57.2 Å². The fourth-order valence-electron chi connectivity index (χ4n) is 3.77. The number of phenols is 2. The fourth-order valence-corrected chi connectivity index (χ4v) is 7.23. The summed E-state index contributed by atoms with van der Waals surface area (Å²) in [5, 5.41) is 21.3. The van der Waals surface area contributed by atoms with Gasteiger partial charge in [-0.2, -0.15) is 0 Å². The Morgan fingerprint density at radius 1 is 0.886 bits per heavy atom. The van der Waals surface area contributed by atoms with Crippen LogP contribution in [-0.4, -0.2) is 48.0 Å². The van der Waals surface area contributed by atoms with Crippen LogP contribution in [0.3, 0.4) is 0 Å². The number of hydrogen-bond acceptors (Lipinski definition) is 9. The maximum absolute atomic E-state index is 13.6. The molecule has 1 aliphatic carbocycles. The first kappa shape index (κ1) is 31.2. The maximum Gasteiger partial charge on any atom is 1.00 e. The van der Waals surface area contributed by atoms with Crippen LogP contribution in [0.5, 0.6) is 17.2 Å². The van der Waals surface area contributed by atoms with E-state index in [0.717, 1.165) is 0 Å². The molecule has 2 N–H and O–H groups in total. The van der Waals surface area contributed by atoms with Crippen LogP contribution in [0.4, 0.5) is 0 Å². The minimum atomic E-state index is -5.02. The van der Waals surface area contributed by atoms with E-state index >= 15 is 0 Å². The Morgan fingerprint density at radius 3 is 1.94 bits per heavy atom. The van der Waals surface area contributed by atoms with Crippen LogP contribution in [-0.2, 0) is 21.0 Å². The van der Waals surface area contributed by atoms with E-state index in [4.69, 9.17) is 4.74 Å². The first-order valence-corrected chi connectivity index (χ1v) is 14.0. The van der Waals surface area contributed by atoms with Gasteiger partial charge in [-0.3, -0.25) is 13.8 Å². The van der Waals surface area contributed by atoms with Crippen molar-refractivity contribution in [3.63, 3.8) is 0 Å². The van der Waals surface area contributed by atoms with Crippen LogP contribution in [0, 0.1) is 0 Å². The number of benzene rings is 2. The van der Waals surface area contributed by atoms with Crippen molar-refractivity contribution in [2.75, 3.05) is 7.11 Å². The van der Waals surface area contributed by atoms with Gasteiger partial charge >= 0.3 is 29.6 Å². The molecule has 0 saturated heterocycles. The van der Waals surface area contributed by atoms with Gasteiger partial charge in [0.05, 0.1) is 44.4 Å². The molecular weight excluding hydrogens is 759 g/mol. The third-order valence-electron chi connectivity index (χ3n) is 5.16. The Labute approximate surface area is 256 Å². The molecule has 9 nitrogen and oxygen atoms in total. The Bertz CT molecular complexity index is 1350. The molecular formula is C20H15Br4NaO9S. The zero-order valence-electron chi connectivity index (χ0n) is 18.4. The van der Waals surface area contributed by atoms with Crippen LogP contribution in [0.25, 0.3) is 0 Å². The molecule has 184 valence electrons. The minimum absolute atomic E-state index is 0. The molecule has 1 aliphatic rings. The number of methoxy groups -OCH3 is 1. The van der Waals surface area contributed by atoms with E-state index < -0.39 is 33.8 Å². The van der Waals surface area contributed by atoms with Crippen molar-refractivity contribution in [2.24, 2.45) is 0 Å². The zero-order chi connectivity index (χ0) is 25.7. The number of rotatable bonds is 7. The van der Waals surface area contributed by atoms with Crippen molar-refractivity contribution in [3.8, 4) is 17.2 Å². The van der Waals surface area contributed by atoms with Crippen molar-refractivity contribution in [1.29, 1.82) is 0 Å². The van der Waals surface area contributed by atoms with E-state index in [1.807, 2.05) is 0 Å². The molecule has 0 aliphatic heterocycles. The molecule has 15 heteroatoms. The van der Waals surface area contributed by atoms with Gasteiger partial charge in [0.1, 0.15) is 21.7 Å². The maximum atomic E-state index is 13.6. The average Bonchev–Trinajstić information content (AvgIpc) is 2.74. The summed E-state index contributed by atoms with van der Waals surface area (Å²) < 4.78 is 43.5. The van der Waals surface area contributed by atoms with Crippen LogP contribution in [0.2, 0.25) is 0 Å². The first-order valence-electron chi connectivity index (χ1n) is 9.50. The van der Waals surface area contributed by atoms with Gasteiger partial charge in [0.25, 0.3) is 0 Å². The SMILES string of the molecule is CCCC(Cc1c(Br)c(O)c2c(c1Br)C(=O)c1c(Br)c(O)c(Br)c(OC)c1C2=O)OS(=O)(=O)[O-].[Na+]. The summed E-state index contributed by atoms with van der Waals surface area (Å²) in [6.07, 6.45) is -0.579. The van der Waals surface area contributed by atoms with E-state index in [9.17, 15) is 32.8 Å². The van der Waals surface area contributed by atoms with Gasteiger partial charge in [0.2, 0.25) is 16.2 Å². The van der Waals surface area contributed by atoms with E-state index in [2.05, 4.69) is 67.9 Å². The summed E-state index contributed by atoms with van der Waals surface area (Å²) in [6.45, 7) is 1.76. The molecule has 3 rings (SSSR count). The molecule has 2 aromatic rings. The molecule has 0 saturated carbocycles. The normalized spacial score (nSPS) is 13.7. The third-order valence-corrected chi connectivity index (χ3v) is 8.91. The number of ether oxygens (including phenoxy) is 1. The number of halogens is 4. The molecule has 2 aromatic carbocycles. The first-order chi connectivity index (χ1) is 15.8. The number of hydrogen-bond donors (Lipinski definition) is 2. The van der Waals surface area contributed by atoms with Crippen LogP contribution < -0.4 is 34.3 Å². The predicted molar refractivity (Wildman–Crippen MR) is 134 cm³/mol. The van der Waals surface area contributed by atoms with Gasteiger partial charge in [-0.25, -0.2) is 8.42 Å². The second kappa shape index (κ2) is 11.8. The number of ketones is 2. The minimum Gasteiger partial charge on any atom is -0.726 e. The standard InChI is InChI=1S/C20H16Br4O9S.Na/c1-3-4-6(33-34(29,30)31)5-7-12(21)8-10(18(27)13(7)22)17(26)11-9(16(8)25)14(23)19(28)15(24)20(11)32-2;/h6,27-28H,3-5H2,1-2H3,(H,29,30,31);/q;+1/p-1. The molecule has 1 atom stereocenters. The van der Waals surface area contributed by atoms with Gasteiger partial charge in [0, 0.05) is 10.9 Å². The van der Waals surface area contributed by atoms with E-state index in [0.29, 0.717) is 6.42 Å². The number of phenolic OH excluding ortho intramolecular Hbond substituents is 2. The van der Waals surface area contributed by atoms with E-state index in [1.54, 1.807) is 6.92 Å². The number of aromatic hydroxyl groups is 2. The van der Waals surface area contributed by atoms with Gasteiger partial charge in [-0.1, -0.05) is 13.3 Å². The fraction of sp³-hybridized carbons (Fsp3) is 0.300. The summed E-state index contributed by atoms with van der Waals surface area (Å²) in [7, 11) is -3.76. The molecule has 0 bridgehead atoms. The molecule has 0 fully saturated rings. The topological polar surface area (TPSA) is 150 Å². The monoisotopic (exact) mass is 770 g/mol. The second-order valence-electron chi connectivity index (χ2n) is 7.24. The molecule has 0 radical (unpaired) electrons. The number of carbonyl (C=O) groups excluding carboxylic acids is 2. The summed E-state index contributed by atoms with van der Waals surface area (Å²) in [6, 6.07) is 0. The molecule has 0 heterocycles. The molecule has 35 heavy (non-hydrogen) atoms. The van der Waals surface area contributed by atoms with Crippen molar-refractivity contribution < 1.29 is 71.2 Å². The summed E-state index contributed by atoms with van der Waals surface area (Å²) in [5.41, 5.74) is -0.632. The Hall–Kier alpha value is -0.0300. The number of carbonyl (C=O) groups is 2. The van der Waals surface area contributed by atoms with Gasteiger partial charge in [0.15, 0.2) is 5.78 Å². The molecule has 0 spiro atoms. The van der Waals surface area contributed by atoms with Crippen molar-refractivity contribution in [3.05, 3.63) is 45.7 Å². The largest absolute Gasteiger partial charge is 1.00 e. The predicted octanol–water partition coefficient (Wildman–Crippen LogP) is 2.12. The van der Waals surface area contributed by atoms with E-state index in [1.165, 1.54) is 7.11 Å².